The van der Waals surface area contributed by atoms with Crippen LogP contribution in [0, 0.1) is 0 Å². The van der Waals surface area contributed by atoms with E-state index < -0.39 is 0 Å². The Morgan fingerprint density at radius 2 is 1.88 bits per heavy atom. The Balaban J connectivity index is 1.36. The minimum absolute atomic E-state index is 0.00563. The lowest BCUT2D eigenvalue weighted by Gasteiger charge is -2.25. The molecule has 1 atom stereocenters. The maximum atomic E-state index is 12.4. The summed E-state index contributed by atoms with van der Waals surface area (Å²) in [5, 5.41) is 5.60. The normalized spacial score (nSPS) is 16.2. The summed E-state index contributed by atoms with van der Waals surface area (Å²) >= 11 is 1.48. The molecular formula is C20H18N2O2S. The van der Waals surface area contributed by atoms with Crippen LogP contribution in [-0.2, 0) is 17.8 Å². The molecule has 0 saturated carbocycles. The lowest BCUT2D eigenvalue weighted by molar-refractivity contribution is 0.0284. The molecule has 1 N–H and O–H groups in total. The topological polar surface area (TPSA) is 51.2 Å². The molecular weight excluding hydrogens is 332 g/mol. The van der Waals surface area contributed by atoms with E-state index in [1.807, 2.05) is 42.5 Å². The van der Waals surface area contributed by atoms with Crippen molar-refractivity contribution in [1.82, 2.24) is 10.3 Å². The van der Waals surface area contributed by atoms with Crippen LogP contribution in [0.3, 0.4) is 0 Å². The Labute approximate surface area is 150 Å². The molecule has 4 rings (SSSR count). The highest BCUT2D eigenvalue weighted by atomic mass is 32.1. The summed E-state index contributed by atoms with van der Waals surface area (Å²) in [6.07, 6.45) is 0.828. The number of hydrogen-bond acceptors (Lipinski definition) is 4. The molecule has 4 nitrogen and oxygen atoms in total. The number of ether oxygens (including phenoxy) is 1. The zero-order valence-electron chi connectivity index (χ0n) is 13.6. The van der Waals surface area contributed by atoms with Gasteiger partial charge in [0.15, 0.2) is 0 Å². The third-order valence-corrected chi connectivity index (χ3v) is 5.18. The Kier molecular flexibility index (Phi) is 4.59. The molecule has 1 aromatic heterocycles. The second kappa shape index (κ2) is 7.17. The lowest BCUT2D eigenvalue weighted by Crippen LogP contribution is -2.36. The zero-order chi connectivity index (χ0) is 17.1. The van der Waals surface area contributed by atoms with Crippen LogP contribution in [0.1, 0.15) is 21.6 Å². The third-order valence-electron chi connectivity index (χ3n) is 4.29. The zero-order valence-corrected chi connectivity index (χ0v) is 14.5. The molecule has 1 unspecified atom stereocenters. The van der Waals surface area contributed by atoms with E-state index in [1.54, 1.807) is 5.38 Å². The first-order valence-electron chi connectivity index (χ1n) is 8.27. The fourth-order valence-electron chi connectivity index (χ4n) is 2.93. The molecule has 126 valence electrons. The first-order valence-corrected chi connectivity index (χ1v) is 9.15. The van der Waals surface area contributed by atoms with E-state index in [4.69, 9.17) is 4.74 Å². The number of carbonyl (C=O) groups is 1. The van der Waals surface area contributed by atoms with Crippen LogP contribution in [0.15, 0.2) is 60.0 Å². The van der Waals surface area contributed by atoms with Crippen LogP contribution < -0.4 is 5.32 Å². The van der Waals surface area contributed by atoms with Crippen molar-refractivity contribution >= 4 is 17.2 Å². The summed E-state index contributed by atoms with van der Waals surface area (Å²) in [6.45, 7) is 1.09. The average molecular weight is 350 g/mol. The van der Waals surface area contributed by atoms with Crippen molar-refractivity contribution in [3.63, 3.8) is 0 Å². The molecule has 5 heteroatoms. The second-order valence-corrected chi connectivity index (χ2v) is 6.88. The van der Waals surface area contributed by atoms with Crippen LogP contribution in [-0.4, -0.2) is 23.5 Å². The number of thiazole rings is 1. The number of carbonyl (C=O) groups excluding carboxylic acids is 1. The van der Waals surface area contributed by atoms with Gasteiger partial charge in [-0.15, -0.1) is 11.3 Å². The summed E-state index contributed by atoms with van der Waals surface area (Å²) in [4.78, 5) is 16.8. The second-order valence-electron chi connectivity index (χ2n) is 6.02. The van der Waals surface area contributed by atoms with Gasteiger partial charge in [0.25, 0.3) is 5.91 Å². The quantitative estimate of drug-likeness (QED) is 0.781. The minimum Gasteiger partial charge on any atom is -0.371 e. The first-order chi connectivity index (χ1) is 12.3. The molecule has 1 aliphatic rings. The average Bonchev–Trinajstić information content (AvgIpc) is 3.17. The number of amides is 1. The molecule has 2 aromatic carbocycles. The van der Waals surface area contributed by atoms with E-state index in [-0.39, 0.29) is 12.0 Å². The Morgan fingerprint density at radius 3 is 2.72 bits per heavy atom. The van der Waals surface area contributed by atoms with Crippen LogP contribution >= 0.6 is 11.3 Å². The molecule has 0 spiro atoms. The number of benzene rings is 2. The smallest absolute Gasteiger partial charge is 0.270 e. The highest BCUT2D eigenvalue weighted by Crippen LogP contribution is 2.23. The Hall–Kier alpha value is -2.50. The van der Waals surface area contributed by atoms with Gasteiger partial charge in [0.05, 0.1) is 12.7 Å². The van der Waals surface area contributed by atoms with Gasteiger partial charge in [0.2, 0.25) is 0 Å². The predicted molar refractivity (Wildman–Crippen MR) is 98.6 cm³/mol. The Morgan fingerprint density at radius 1 is 1.12 bits per heavy atom. The molecule has 1 amide bonds. The predicted octanol–water partition coefficient (Wildman–Crippen LogP) is 3.68. The molecule has 2 heterocycles. The van der Waals surface area contributed by atoms with Crippen molar-refractivity contribution in [3.8, 4) is 10.6 Å². The van der Waals surface area contributed by atoms with Crippen LogP contribution in [0.5, 0.6) is 0 Å². The fraction of sp³-hybridized carbons (Fsp3) is 0.200. The fourth-order valence-corrected chi connectivity index (χ4v) is 3.74. The number of fused-ring (bicyclic) bond motifs is 1. The largest absolute Gasteiger partial charge is 0.371 e. The highest BCUT2D eigenvalue weighted by molar-refractivity contribution is 7.13. The van der Waals surface area contributed by atoms with Crippen LogP contribution in [0.25, 0.3) is 10.6 Å². The molecule has 0 radical (unpaired) electrons. The van der Waals surface area contributed by atoms with Gasteiger partial charge in [-0.25, -0.2) is 4.98 Å². The van der Waals surface area contributed by atoms with E-state index >= 15 is 0 Å². The molecule has 1 aliphatic heterocycles. The molecule has 0 saturated heterocycles. The van der Waals surface area contributed by atoms with E-state index in [2.05, 4.69) is 22.4 Å². The van der Waals surface area contributed by atoms with Crippen molar-refractivity contribution in [2.45, 2.75) is 19.1 Å². The van der Waals surface area contributed by atoms with E-state index in [1.165, 1.54) is 22.5 Å². The lowest BCUT2D eigenvalue weighted by atomic mass is 9.99. The maximum Gasteiger partial charge on any atom is 0.270 e. The molecule has 0 bridgehead atoms. The molecule has 3 aromatic rings. The van der Waals surface area contributed by atoms with E-state index in [0.29, 0.717) is 18.8 Å². The summed E-state index contributed by atoms with van der Waals surface area (Å²) in [7, 11) is 0. The Bertz CT molecular complexity index is 876. The van der Waals surface area contributed by atoms with E-state index in [9.17, 15) is 4.79 Å². The number of nitrogens with zero attached hydrogens (tertiary/aromatic N) is 1. The highest BCUT2D eigenvalue weighted by Gasteiger charge is 2.20. The molecule has 25 heavy (non-hydrogen) atoms. The van der Waals surface area contributed by atoms with Gasteiger partial charge < -0.3 is 10.1 Å². The van der Waals surface area contributed by atoms with Crippen LogP contribution in [0.4, 0.5) is 0 Å². The third kappa shape index (κ3) is 3.62. The van der Waals surface area contributed by atoms with Crippen molar-refractivity contribution in [2.75, 3.05) is 6.54 Å². The maximum absolute atomic E-state index is 12.4. The summed E-state index contributed by atoms with van der Waals surface area (Å²) < 4.78 is 5.83. The number of rotatable bonds is 4. The van der Waals surface area contributed by atoms with Crippen molar-refractivity contribution in [2.24, 2.45) is 0 Å². The van der Waals surface area contributed by atoms with Crippen molar-refractivity contribution in [3.05, 3.63) is 76.8 Å². The summed E-state index contributed by atoms with van der Waals surface area (Å²) in [5.41, 5.74) is 4.02. The van der Waals surface area contributed by atoms with Crippen molar-refractivity contribution in [1.29, 1.82) is 0 Å². The van der Waals surface area contributed by atoms with Gasteiger partial charge in [-0.1, -0.05) is 54.6 Å². The molecule has 0 aliphatic carbocycles. The van der Waals surface area contributed by atoms with Crippen molar-refractivity contribution < 1.29 is 9.53 Å². The van der Waals surface area contributed by atoms with Gasteiger partial charge in [0.1, 0.15) is 10.7 Å². The monoisotopic (exact) mass is 350 g/mol. The first kappa shape index (κ1) is 16.0. The standard InChI is InChI=1S/C20H18N2O2S/c23-19(18-13-25-20(22-18)14-6-2-1-3-7-14)21-11-17-10-15-8-4-5-9-16(15)12-24-17/h1-9,13,17H,10-12H2,(H,21,23). The van der Waals surface area contributed by atoms with Gasteiger partial charge in [-0.05, 0) is 11.1 Å². The number of hydrogen-bond donors (Lipinski definition) is 1. The van der Waals surface area contributed by atoms with Gasteiger partial charge >= 0.3 is 0 Å². The summed E-state index contributed by atoms with van der Waals surface area (Å²) in [6, 6.07) is 18.2. The van der Waals surface area contributed by atoms with Gasteiger partial charge in [0, 0.05) is 23.9 Å². The number of nitrogens with one attached hydrogen (secondary N) is 1. The molecule has 0 fully saturated rings. The van der Waals surface area contributed by atoms with Gasteiger partial charge in [-0.3, -0.25) is 4.79 Å². The SMILES string of the molecule is O=C(NCC1Cc2ccccc2CO1)c1csc(-c2ccccc2)n1. The minimum atomic E-state index is -0.152. The summed E-state index contributed by atoms with van der Waals surface area (Å²) in [5.74, 6) is -0.152. The van der Waals surface area contributed by atoms with E-state index in [0.717, 1.165) is 17.0 Å². The van der Waals surface area contributed by atoms with Gasteiger partial charge in [-0.2, -0.15) is 0 Å². The number of aromatic nitrogens is 1. The van der Waals surface area contributed by atoms with Crippen LogP contribution in [0.2, 0.25) is 0 Å².